The lowest BCUT2D eigenvalue weighted by molar-refractivity contribution is -0.192. The fourth-order valence-electron chi connectivity index (χ4n) is 3.43. The zero-order chi connectivity index (χ0) is 22.5. The molecule has 1 heterocycles. The second kappa shape index (κ2) is 9.51. The van der Waals surface area contributed by atoms with E-state index in [1.807, 2.05) is 0 Å². The van der Waals surface area contributed by atoms with E-state index < -0.39 is 12.1 Å². The van der Waals surface area contributed by atoms with Crippen LogP contribution in [0.25, 0.3) is 0 Å². The van der Waals surface area contributed by atoms with Crippen molar-refractivity contribution in [1.82, 2.24) is 5.32 Å². The number of aliphatic carboxylic acids is 1. The van der Waals surface area contributed by atoms with E-state index in [0.717, 1.165) is 18.4 Å². The van der Waals surface area contributed by atoms with Gasteiger partial charge in [0.05, 0.1) is 6.04 Å². The molecule has 1 fully saturated rings. The van der Waals surface area contributed by atoms with Crippen LogP contribution < -0.4 is 5.32 Å². The number of benzene rings is 2. The van der Waals surface area contributed by atoms with Gasteiger partial charge in [-0.15, -0.1) is 0 Å². The number of alkyl halides is 3. The molecule has 1 saturated carbocycles. The van der Waals surface area contributed by atoms with Gasteiger partial charge in [-0.1, -0.05) is 60.7 Å². The lowest BCUT2D eigenvalue weighted by Crippen LogP contribution is -2.33. The first-order valence-corrected chi connectivity index (χ1v) is 10.0. The highest BCUT2D eigenvalue weighted by molar-refractivity contribution is 5.86. The van der Waals surface area contributed by atoms with Crippen LogP contribution in [-0.4, -0.2) is 36.3 Å². The van der Waals surface area contributed by atoms with E-state index in [1.54, 1.807) is 0 Å². The zero-order valence-electron chi connectivity index (χ0n) is 17.1. The van der Waals surface area contributed by atoms with Gasteiger partial charge in [0.15, 0.2) is 0 Å². The molecule has 2 aliphatic rings. The number of carboxylic acids is 1. The Kier molecular flexibility index (Phi) is 7.00. The Bertz CT molecular complexity index is 899. The SMILES string of the molecule is C[C@@]1(c2ccccc2)N=C(COCC2CC2)N[C@@H]1c1ccccc1.O=C(O)C(F)(F)F. The number of ether oxygens (including phenoxy) is 1. The number of nitrogens with one attached hydrogen (secondary N) is 1. The predicted octanol–water partition coefficient (Wildman–Crippen LogP) is 4.70. The molecule has 0 aromatic heterocycles. The molecule has 0 bridgehead atoms. The third-order valence-electron chi connectivity index (χ3n) is 5.26. The van der Waals surface area contributed by atoms with Gasteiger partial charge in [0, 0.05) is 6.61 Å². The third-order valence-corrected chi connectivity index (χ3v) is 5.26. The van der Waals surface area contributed by atoms with Gasteiger partial charge in [-0.3, -0.25) is 4.99 Å². The monoisotopic (exact) mass is 434 g/mol. The van der Waals surface area contributed by atoms with Crippen LogP contribution in [0.2, 0.25) is 0 Å². The number of hydrogen-bond acceptors (Lipinski definition) is 4. The van der Waals surface area contributed by atoms with Crippen molar-refractivity contribution in [1.29, 1.82) is 0 Å². The molecule has 2 N–H and O–H groups in total. The first-order valence-electron chi connectivity index (χ1n) is 10.0. The fourth-order valence-corrected chi connectivity index (χ4v) is 3.43. The molecule has 166 valence electrons. The van der Waals surface area contributed by atoms with E-state index in [0.29, 0.717) is 6.61 Å². The van der Waals surface area contributed by atoms with Crippen LogP contribution in [0.5, 0.6) is 0 Å². The zero-order valence-corrected chi connectivity index (χ0v) is 17.1. The van der Waals surface area contributed by atoms with Crippen molar-refractivity contribution in [3.05, 3.63) is 71.8 Å². The predicted molar refractivity (Wildman–Crippen MR) is 111 cm³/mol. The first-order chi connectivity index (χ1) is 14.7. The van der Waals surface area contributed by atoms with Crippen molar-refractivity contribution in [2.24, 2.45) is 10.9 Å². The van der Waals surface area contributed by atoms with E-state index >= 15 is 0 Å². The minimum Gasteiger partial charge on any atom is -0.475 e. The summed E-state index contributed by atoms with van der Waals surface area (Å²) in [6.07, 6.45) is -2.46. The van der Waals surface area contributed by atoms with Crippen molar-refractivity contribution >= 4 is 11.8 Å². The van der Waals surface area contributed by atoms with Crippen LogP contribution in [0.4, 0.5) is 13.2 Å². The van der Waals surface area contributed by atoms with Gasteiger partial charge in [-0.05, 0) is 36.8 Å². The van der Waals surface area contributed by atoms with Gasteiger partial charge >= 0.3 is 12.1 Å². The van der Waals surface area contributed by atoms with E-state index in [-0.39, 0.29) is 11.6 Å². The number of rotatable bonds is 6. The molecule has 2 aromatic rings. The molecule has 0 radical (unpaired) electrons. The Morgan fingerprint density at radius 1 is 1.13 bits per heavy atom. The average Bonchev–Trinajstić information content (AvgIpc) is 3.50. The quantitative estimate of drug-likeness (QED) is 0.691. The highest BCUT2D eigenvalue weighted by Gasteiger charge is 2.42. The number of nitrogens with zero attached hydrogens (tertiary/aromatic N) is 1. The highest BCUT2D eigenvalue weighted by Crippen LogP contribution is 2.42. The second-order valence-corrected chi connectivity index (χ2v) is 7.82. The number of amidine groups is 1. The van der Waals surface area contributed by atoms with Gasteiger partial charge in [-0.2, -0.15) is 13.2 Å². The van der Waals surface area contributed by atoms with E-state index in [2.05, 4.69) is 72.9 Å². The van der Waals surface area contributed by atoms with Gasteiger partial charge in [-0.25, -0.2) is 4.79 Å². The summed E-state index contributed by atoms with van der Waals surface area (Å²) in [5, 5.41) is 10.7. The minimum atomic E-state index is -5.08. The topological polar surface area (TPSA) is 70.9 Å². The van der Waals surface area contributed by atoms with Crippen LogP contribution in [0, 0.1) is 5.92 Å². The summed E-state index contributed by atoms with van der Waals surface area (Å²) in [6, 6.07) is 21.2. The summed E-state index contributed by atoms with van der Waals surface area (Å²) < 4.78 is 37.6. The average molecular weight is 434 g/mol. The standard InChI is InChI=1S/C21H24N2O.C2HF3O2/c1-21(18-10-6-3-7-11-18)20(17-8-4-2-5-9-17)22-19(23-21)15-24-14-16-12-13-16;3-2(4,5)1(6)7/h2-11,16,20H,12-15H2,1H3,(H,22,23);(H,6,7)/t20-,21+;/m1./s1. The summed E-state index contributed by atoms with van der Waals surface area (Å²) in [6.45, 7) is 3.64. The maximum absolute atomic E-state index is 10.6. The van der Waals surface area contributed by atoms with Crippen LogP contribution in [0.3, 0.4) is 0 Å². The van der Waals surface area contributed by atoms with E-state index in [4.69, 9.17) is 19.6 Å². The van der Waals surface area contributed by atoms with Crippen molar-refractivity contribution in [3.8, 4) is 0 Å². The molecule has 0 unspecified atom stereocenters. The number of hydrogen-bond donors (Lipinski definition) is 2. The number of carboxylic acid groups (broad SMARTS) is 1. The molecule has 4 rings (SSSR count). The maximum atomic E-state index is 10.6. The molecule has 0 spiro atoms. The van der Waals surface area contributed by atoms with Crippen molar-refractivity contribution in [2.75, 3.05) is 13.2 Å². The fraction of sp³-hybridized carbons (Fsp3) is 0.391. The molecule has 5 nitrogen and oxygen atoms in total. The van der Waals surface area contributed by atoms with Crippen molar-refractivity contribution in [3.63, 3.8) is 0 Å². The molecule has 0 amide bonds. The first kappa shape index (κ1) is 22.8. The van der Waals surface area contributed by atoms with E-state index in [1.165, 1.54) is 24.0 Å². The molecule has 1 aliphatic carbocycles. The van der Waals surface area contributed by atoms with Gasteiger partial charge in [0.1, 0.15) is 18.0 Å². The molecule has 1 aliphatic heterocycles. The lowest BCUT2D eigenvalue weighted by Gasteiger charge is -2.30. The molecular weight excluding hydrogens is 409 g/mol. The van der Waals surface area contributed by atoms with Crippen LogP contribution in [0.1, 0.15) is 36.9 Å². The highest BCUT2D eigenvalue weighted by atomic mass is 19.4. The lowest BCUT2D eigenvalue weighted by atomic mass is 9.82. The second-order valence-electron chi connectivity index (χ2n) is 7.82. The Hall–Kier alpha value is -2.87. The molecular formula is C23H25F3N2O3. The molecule has 2 aromatic carbocycles. The molecule has 31 heavy (non-hydrogen) atoms. The number of aliphatic imine (C=N–C) groups is 1. The minimum absolute atomic E-state index is 0.126. The van der Waals surface area contributed by atoms with Crippen LogP contribution in [-0.2, 0) is 15.1 Å². The molecule has 2 atom stereocenters. The largest absolute Gasteiger partial charge is 0.490 e. The third kappa shape index (κ3) is 6.07. The maximum Gasteiger partial charge on any atom is 0.490 e. The summed E-state index contributed by atoms with van der Waals surface area (Å²) in [5.74, 6) is -1.03. The van der Waals surface area contributed by atoms with Crippen LogP contribution >= 0.6 is 0 Å². The molecule has 0 saturated heterocycles. The van der Waals surface area contributed by atoms with Crippen molar-refractivity contribution < 1.29 is 27.8 Å². The van der Waals surface area contributed by atoms with Gasteiger partial charge < -0.3 is 15.2 Å². The number of halogens is 3. The summed E-state index contributed by atoms with van der Waals surface area (Å²) in [7, 11) is 0. The Morgan fingerprint density at radius 2 is 1.68 bits per heavy atom. The van der Waals surface area contributed by atoms with Crippen LogP contribution in [0.15, 0.2) is 65.7 Å². The Balaban J connectivity index is 0.000000339. The van der Waals surface area contributed by atoms with Crippen molar-refractivity contribution in [2.45, 2.75) is 37.5 Å². The normalized spacial score (nSPS) is 22.7. The van der Waals surface area contributed by atoms with E-state index in [9.17, 15) is 13.2 Å². The summed E-state index contributed by atoms with van der Waals surface area (Å²) in [4.78, 5) is 13.9. The Morgan fingerprint density at radius 3 is 2.19 bits per heavy atom. The summed E-state index contributed by atoms with van der Waals surface area (Å²) >= 11 is 0. The summed E-state index contributed by atoms with van der Waals surface area (Å²) in [5.41, 5.74) is 2.16. The molecule has 8 heteroatoms. The number of carbonyl (C=O) groups is 1. The Labute approximate surface area is 179 Å². The van der Waals surface area contributed by atoms with Gasteiger partial charge in [0.25, 0.3) is 0 Å². The van der Waals surface area contributed by atoms with Gasteiger partial charge in [0.2, 0.25) is 0 Å². The smallest absolute Gasteiger partial charge is 0.475 e.